The molecule has 0 spiro atoms. The molecule has 2 heterocycles. The standard InChI is InChI=1S/C30H36N2O7/c1-18-6-8-19(9-7-18)26-27-21(29(2,31)17-39-27)16-25(32-26)30(3,35)11-10-22(34)20-14-23(36-4)28(38-13-12-33)24(15-20)37-5/h6-9,14-16,33,35H,10-13,17,31H2,1-5H3. The number of carbonyl (C=O) groups is 1. The Bertz CT molecular complexity index is 1330. The molecular formula is C30H36N2O7. The highest BCUT2D eigenvalue weighted by molar-refractivity contribution is 5.97. The van der Waals surface area contributed by atoms with Crippen molar-refractivity contribution >= 4 is 5.78 Å². The SMILES string of the molecule is COc1cc(C(=O)CCC(C)(O)c2cc3c(c(-c4ccc(C)cc4)n2)OCC3(C)N)cc(OC)c1OCCO. The van der Waals surface area contributed by atoms with Crippen LogP contribution in [0.5, 0.6) is 23.0 Å². The van der Waals surface area contributed by atoms with E-state index in [0.717, 1.165) is 16.7 Å². The van der Waals surface area contributed by atoms with Gasteiger partial charge in [0.05, 0.1) is 32.1 Å². The fraction of sp³-hybridized carbons (Fsp3) is 0.400. The highest BCUT2D eigenvalue weighted by Crippen LogP contribution is 2.44. The van der Waals surface area contributed by atoms with E-state index in [1.807, 2.05) is 38.1 Å². The highest BCUT2D eigenvalue weighted by Gasteiger charge is 2.38. The van der Waals surface area contributed by atoms with Crippen LogP contribution in [0.4, 0.5) is 0 Å². The molecule has 39 heavy (non-hydrogen) atoms. The normalized spacial score (nSPS) is 17.6. The number of nitrogens with two attached hydrogens (primary N) is 1. The Hall–Kier alpha value is -3.66. The maximum Gasteiger partial charge on any atom is 0.203 e. The summed E-state index contributed by atoms with van der Waals surface area (Å²) in [5.74, 6) is 1.32. The van der Waals surface area contributed by atoms with Crippen molar-refractivity contribution in [3.63, 3.8) is 0 Å². The van der Waals surface area contributed by atoms with Gasteiger partial charge in [-0.1, -0.05) is 29.8 Å². The number of hydrogen-bond donors (Lipinski definition) is 3. The van der Waals surface area contributed by atoms with E-state index in [4.69, 9.17) is 34.8 Å². The molecule has 0 saturated carbocycles. The van der Waals surface area contributed by atoms with Crippen LogP contribution < -0.4 is 24.7 Å². The highest BCUT2D eigenvalue weighted by atomic mass is 16.5. The number of aliphatic hydroxyl groups excluding tert-OH is 1. The van der Waals surface area contributed by atoms with Crippen molar-refractivity contribution in [1.82, 2.24) is 4.98 Å². The number of nitrogens with zero attached hydrogens (tertiary/aromatic N) is 1. The zero-order valence-corrected chi connectivity index (χ0v) is 23.0. The molecule has 0 bridgehead atoms. The first-order valence-corrected chi connectivity index (χ1v) is 12.8. The molecule has 0 radical (unpaired) electrons. The molecule has 0 amide bonds. The van der Waals surface area contributed by atoms with E-state index in [1.54, 1.807) is 25.1 Å². The summed E-state index contributed by atoms with van der Waals surface area (Å²) >= 11 is 0. The van der Waals surface area contributed by atoms with Crippen molar-refractivity contribution in [2.75, 3.05) is 34.0 Å². The number of benzene rings is 2. The molecule has 1 aromatic heterocycles. The van der Waals surface area contributed by atoms with Gasteiger partial charge in [-0.15, -0.1) is 0 Å². The van der Waals surface area contributed by atoms with Gasteiger partial charge in [0, 0.05) is 23.1 Å². The number of ether oxygens (including phenoxy) is 4. The van der Waals surface area contributed by atoms with Gasteiger partial charge in [0.15, 0.2) is 23.0 Å². The minimum Gasteiger partial charge on any atom is -0.493 e. The maximum atomic E-state index is 13.2. The van der Waals surface area contributed by atoms with Crippen LogP contribution in [0.3, 0.4) is 0 Å². The Morgan fingerprint density at radius 3 is 2.38 bits per heavy atom. The summed E-state index contributed by atoms with van der Waals surface area (Å²) < 4.78 is 22.3. The van der Waals surface area contributed by atoms with Gasteiger partial charge in [0.1, 0.15) is 24.5 Å². The number of aliphatic hydroxyl groups is 2. The average molecular weight is 537 g/mol. The van der Waals surface area contributed by atoms with Gasteiger partial charge in [-0.3, -0.25) is 4.79 Å². The lowest BCUT2D eigenvalue weighted by atomic mass is 9.88. The van der Waals surface area contributed by atoms with Gasteiger partial charge < -0.3 is 34.9 Å². The minimum absolute atomic E-state index is 0.0329. The lowest BCUT2D eigenvalue weighted by Gasteiger charge is -2.25. The number of carbonyl (C=O) groups excluding carboxylic acids is 1. The second-order valence-electron chi connectivity index (χ2n) is 10.3. The molecule has 2 aromatic carbocycles. The minimum atomic E-state index is -1.43. The number of aryl methyl sites for hydroxylation is 1. The predicted octanol–water partition coefficient (Wildman–Crippen LogP) is 3.88. The van der Waals surface area contributed by atoms with E-state index < -0.39 is 11.1 Å². The van der Waals surface area contributed by atoms with Crippen molar-refractivity contribution in [3.05, 3.63) is 64.8 Å². The monoisotopic (exact) mass is 536 g/mol. The number of rotatable bonds is 11. The quantitative estimate of drug-likeness (QED) is 0.312. The fourth-order valence-electron chi connectivity index (χ4n) is 4.55. The van der Waals surface area contributed by atoms with Crippen LogP contribution in [0.25, 0.3) is 11.3 Å². The van der Waals surface area contributed by atoms with E-state index in [9.17, 15) is 9.90 Å². The second kappa shape index (κ2) is 11.2. The van der Waals surface area contributed by atoms with Crippen LogP contribution in [0.2, 0.25) is 0 Å². The Morgan fingerprint density at radius 2 is 1.79 bits per heavy atom. The summed E-state index contributed by atoms with van der Waals surface area (Å²) in [6, 6.07) is 12.8. The second-order valence-corrected chi connectivity index (χ2v) is 10.3. The molecule has 2 atom stereocenters. The van der Waals surface area contributed by atoms with Crippen molar-refractivity contribution in [3.8, 4) is 34.3 Å². The number of ketones is 1. The number of methoxy groups -OCH3 is 2. The van der Waals surface area contributed by atoms with E-state index in [0.29, 0.717) is 46.6 Å². The van der Waals surface area contributed by atoms with Crippen LogP contribution in [0, 0.1) is 6.92 Å². The van der Waals surface area contributed by atoms with Crippen molar-refractivity contribution in [2.24, 2.45) is 5.73 Å². The van der Waals surface area contributed by atoms with Crippen LogP contribution in [-0.4, -0.2) is 55.0 Å². The third kappa shape index (κ3) is 5.85. The molecule has 0 fully saturated rings. The van der Waals surface area contributed by atoms with Gasteiger partial charge in [0.25, 0.3) is 0 Å². The van der Waals surface area contributed by atoms with Crippen molar-refractivity contribution in [1.29, 1.82) is 0 Å². The number of hydrogen-bond acceptors (Lipinski definition) is 9. The van der Waals surface area contributed by atoms with Crippen LogP contribution in [0.15, 0.2) is 42.5 Å². The van der Waals surface area contributed by atoms with Crippen molar-refractivity contribution in [2.45, 2.75) is 44.8 Å². The summed E-state index contributed by atoms with van der Waals surface area (Å²) in [6.07, 6.45) is 0.145. The van der Waals surface area contributed by atoms with Gasteiger partial charge >= 0.3 is 0 Å². The molecule has 0 aliphatic carbocycles. The van der Waals surface area contributed by atoms with Gasteiger partial charge in [-0.05, 0) is 45.4 Å². The molecule has 1 aliphatic heterocycles. The molecule has 0 saturated heterocycles. The first-order chi connectivity index (χ1) is 18.5. The summed E-state index contributed by atoms with van der Waals surface area (Å²) in [5.41, 5.74) is 8.46. The zero-order chi connectivity index (χ0) is 28.4. The largest absolute Gasteiger partial charge is 0.493 e. The molecule has 2 unspecified atom stereocenters. The Kier molecular flexibility index (Phi) is 8.15. The smallest absolute Gasteiger partial charge is 0.203 e. The molecule has 3 aromatic rings. The molecule has 9 nitrogen and oxygen atoms in total. The number of fused-ring (bicyclic) bond motifs is 1. The Labute approximate surface area is 228 Å². The lowest BCUT2D eigenvalue weighted by Crippen LogP contribution is -2.35. The van der Waals surface area contributed by atoms with Crippen molar-refractivity contribution < 1.29 is 34.0 Å². The molecule has 208 valence electrons. The molecular weight excluding hydrogens is 500 g/mol. The van der Waals surface area contributed by atoms with Gasteiger partial charge in [-0.25, -0.2) is 4.98 Å². The summed E-state index contributed by atoms with van der Waals surface area (Å²) in [6.45, 7) is 5.70. The van der Waals surface area contributed by atoms with E-state index in [-0.39, 0.29) is 31.8 Å². The Morgan fingerprint density at radius 1 is 1.15 bits per heavy atom. The molecule has 9 heteroatoms. The first kappa shape index (κ1) is 28.4. The molecule has 4 N–H and O–H groups in total. The lowest BCUT2D eigenvalue weighted by molar-refractivity contribution is 0.0396. The van der Waals surface area contributed by atoms with Crippen LogP contribution in [-0.2, 0) is 11.1 Å². The number of aromatic nitrogens is 1. The van der Waals surface area contributed by atoms with E-state index >= 15 is 0 Å². The topological polar surface area (TPSA) is 133 Å². The first-order valence-electron chi connectivity index (χ1n) is 12.8. The Balaban J connectivity index is 1.63. The number of Topliss-reactive ketones (excluding diaryl/α,β-unsaturated/α-hetero) is 1. The van der Waals surface area contributed by atoms with E-state index in [2.05, 4.69) is 0 Å². The number of pyridine rings is 1. The molecule has 4 rings (SSSR count). The third-order valence-electron chi connectivity index (χ3n) is 6.94. The predicted molar refractivity (Wildman–Crippen MR) is 147 cm³/mol. The third-order valence-corrected chi connectivity index (χ3v) is 6.94. The zero-order valence-electron chi connectivity index (χ0n) is 23.0. The van der Waals surface area contributed by atoms with E-state index in [1.165, 1.54) is 14.2 Å². The van der Waals surface area contributed by atoms with Crippen LogP contribution in [0.1, 0.15) is 53.9 Å². The van der Waals surface area contributed by atoms with Crippen LogP contribution >= 0.6 is 0 Å². The molecule has 1 aliphatic rings. The summed E-state index contributed by atoms with van der Waals surface area (Å²) in [7, 11) is 2.92. The van der Waals surface area contributed by atoms with Gasteiger partial charge in [-0.2, -0.15) is 0 Å². The summed E-state index contributed by atoms with van der Waals surface area (Å²) in [4.78, 5) is 18.0. The fourth-order valence-corrected chi connectivity index (χ4v) is 4.55. The average Bonchev–Trinajstić information content (AvgIpc) is 3.24. The summed E-state index contributed by atoms with van der Waals surface area (Å²) in [5, 5.41) is 20.7. The maximum absolute atomic E-state index is 13.2. The van der Waals surface area contributed by atoms with Gasteiger partial charge in [0.2, 0.25) is 5.75 Å².